The van der Waals surface area contributed by atoms with Crippen molar-refractivity contribution in [3.8, 4) is 0 Å². The van der Waals surface area contributed by atoms with Crippen LogP contribution in [0, 0.1) is 5.92 Å². The van der Waals surface area contributed by atoms with E-state index in [0.29, 0.717) is 0 Å². The molecule has 0 aliphatic carbocycles. The fraction of sp³-hybridized carbons (Fsp3) is 0.625. The van der Waals surface area contributed by atoms with E-state index >= 15 is 0 Å². The first kappa shape index (κ1) is 16.3. The second-order valence-electron chi connectivity index (χ2n) is 5.75. The van der Waals surface area contributed by atoms with Crippen LogP contribution >= 0.6 is 11.6 Å². The summed E-state index contributed by atoms with van der Waals surface area (Å²) in [5.74, 6) is 0.722. The van der Waals surface area contributed by atoms with E-state index < -0.39 is 0 Å². The average Bonchev–Trinajstić information content (AvgIpc) is 2.37. The molecule has 1 atom stereocenters. The van der Waals surface area contributed by atoms with Gasteiger partial charge in [0, 0.05) is 30.3 Å². The van der Waals surface area contributed by atoms with E-state index in [0.717, 1.165) is 35.9 Å². The van der Waals surface area contributed by atoms with Gasteiger partial charge in [-0.3, -0.25) is 0 Å². The van der Waals surface area contributed by atoms with Crippen molar-refractivity contribution in [1.29, 1.82) is 0 Å². The molecule has 0 saturated heterocycles. The zero-order valence-electron chi connectivity index (χ0n) is 12.6. The maximum atomic E-state index is 6.36. The summed E-state index contributed by atoms with van der Waals surface area (Å²) in [6.07, 6.45) is 3.02. The lowest BCUT2D eigenvalue weighted by atomic mass is 10.0. The van der Waals surface area contributed by atoms with E-state index in [4.69, 9.17) is 17.3 Å². The lowest BCUT2D eigenvalue weighted by Crippen LogP contribution is -2.22. The Morgan fingerprint density at radius 1 is 1.32 bits per heavy atom. The minimum Gasteiger partial charge on any atom is -0.375 e. The highest BCUT2D eigenvalue weighted by Gasteiger charge is 2.08. The minimum absolute atomic E-state index is 0.196. The van der Waals surface area contributed by atoms with Gasteiger partial charge in [0.1, 0.15) is 0 Å². The van der Waals surface area contributed by atoms with Crippen molar-refractivity contribution in [3.05, 3.63) is 28.8 Å². The Hall–Kier alpha value is -0.730. The smallest absolute Gasteiger partial charge is 0.0459 e. The molecule has 108 valence electrons. The first-order chi connectivity index (χ1) is 8.93. The number of hydrogen-bond acceptors (Lipinski definition) is 2. The topological polar surface area (TPSA) is 29.3 Å². The van der Waals surface area contributed by atoms with Crippen LogP contribution in [0.4, 0.5) is 5.69 Å². The van der Waals surface area contributed by atoms with Crippen molar-refractivity contribution >= 4 is 17.3 Å². The Morgan fingerprint density at radius 3 is 2.53 bits per heavy atom. The average molecular weight is 283 g/mol. The largest absolute Gasteiger partial charge is 0.375 e. The molecule has 0 heterocycles. The minimum atomic E-state index is 0.196. The summed E-state index contributed by atoms with van der Waals surface area (Å²) in [7, 11) is 2.12. The van der Waals surface area contributed by atoms with Crippen molar-refractivity contribution in [2.24, 2.45) is 11.7 Å². The van der Waals surface area contributed by atoms with E-state index in [1.165, 1.54) is 12.1 Å². The highest BCUT2D eigenvalue weighted by molar-refractivity contribution is 6.31. The molecule has 19 heavy (non-hydrogen) atoms. The van der Waals surface area contributed by atoms with Gasteiger partial charge in [0.25, 0.3) is 0 Å². The summed E-state index contributed by atoms with van der Waals surface area (Å²) in [6, 6.07) is 6.50. The van der Waals surface area contributed by atoms with Gasteiger partial charge in [-0.1, -0.05) is 38.4 Å². The second-order valence-corrected chi connectivity index (χ2v) is 6.16. The Labute approximate surface area is 122 Å². The summed E-state index contributed by atoms with van der Waals surface area (Å²) in [5.41, 5.74) is 8.31. The summed E-state index contributed by atoms with van der Waals surface area (Å²) in [4.78, 5) is 2.26. The molecule has 0 bridgehead atoms. The normalized spacial score (nSPS) is 12.8. The number of nitrogens with zero attached hydrogens (tertiary/aromatic N) is 1. The number of anilines is 1. The number of benzene rings is 1. The van der Waals surface area contributed by atoms with Crippen LogP contribution in [0.5, 0.6) is 0 Å². The number of hydrogen-bond donors (Lipinski definition) is 1. The van der Waals surface area contributed by atoms with Gasteiger partial charge in [-0.15, -0.1) is 0 Å². The fourth-order valence-corrected chi connectivity index (χ4v) is 2.20. The summed E-state index contributed by atoms with van der Waals surface area (Å²) in [5, 5.41) is 0.831. The van der Waals surface area contributed by atoms with Crippen LogP contribution in [0.1, 0.15) is 39.2 Å². The molecule has 1 aromatic rings. The lowest BCUT2D eigenvalue weighted by molar-refractivity contribution is 0.585. The van der Waals surface area contributed by atoms with E-state index in [2.05, 4.69) is 50.9 Å². The SMILES string of the molecule is CCC(N)Cc1ccc(N(C)CCC(C)C)cc1Cl. The lowest BCUT2D eigenvalue weighted by Gasteiger charge is -2.21. The number of rotatable bonds is 7. The third-order valence-corrected chi connectivity index (χ3v) is 3.88. The number of halogens is 1. The highest BCUT2D eigenvalue weighted by Crippen LogP contribution is 2.24. The zero-order valence-corrected chi connectivity index (χ0v) is 13.4. The van der Waals surface area contributed by atoms with Gasteiger partial charge >= 0.3 is 0 Å². The van der Waals surface area contributed by atoms with Crippen molar-refractivity contribution in [2.45, 2.75) is 46.1 Å². The second kappa shape index (κ2) is 7.76. The Morgan fingerprint density at radius 2 is 2.00 bits per heavy atom. The van der Waals surface area contributed by atoms with Crippen molar-refractivity contribution < 1.29 is 0 Å². The maximum absolute atomic E-state index is 6.36. The molecule has 0 aliphatic heterocycles. The van der Waals surface area contributed by atoms with Gasteiger partial charge in [-0.2, -0.15) is 0 Å². The molecular weight excluding hydrogens is 256 g/mol. The molecule has 1 unspecified atom stereocenters. The molecule has 1 rings (SSSR count). The molecule has 0 saturated carbocycles. The first-order valence-electron chi connectivity index (χ1n) is 7.19. The Balaban J connectivity index is 2.70. The molecule has 0 spiro atoms. The molecule has 1 aromatic carbocycles. The Bertz CT molecular complexity index is 390. The quantitative estimate of drug-likeness (QED) is 0.816. The van der Waals surface area contributed by atoms with Crippen LogP contribution in [0.25, 0.3) is 0 Å². The molecule has 0 aromatic heterocycles. The third kappa shape index (κ3) is 5.42. The molecular formula is C16H27ClN2. The standard InChI is InChI=1S/C16H27ClN2/c1-5-14(18)10-13-6-7-15(11-16(13)17)19(4)9-8-12(2)3/h6-7,11-12,14H,5,8-10,18H2,1-4H3. The molecule has 0 amide bonds. The summed E-state index contributed by atoms with van der Waals surface area (Å²) >= 11 is 6.36. The van der Waals surface area contributed by atoms with Gasteiger partial charge < -0.3 is 10.6 Å². The van der Waals surface area contributed by atoms with Crippen molar-refractivity contribution in [1.82, 2.24) is 0 Å². The van der Waals surface area contributed by atoms with E-state index in [-0.39, 0.29) is 6.04 Å². The predicted molar refractivity (Wildman–Crippen MR) is 86.1 cm³/mol. The molecule has 0 fully saturated rings. The molecule has 2 N–H and O–H groups in total. The zero-order chi connectivity index (χ0) is 14.4. The van der Waals surface area contributed by atoms with Crippen molar-refractivity contribution in [2.75, 3.05) is 18.5 Å². The molecule has 3 heteroatoms. The van der Waals surface area contributed by atoms with Crippen LogP contribution in [0.2, 0.25) is 5.02 Å². The van der Waals surface area contributed by atoms with Crippen LogP contribution in [0.15, 0.2) is 18.2 Å². The van der Waals surface area contributed by atoms with Crippen molar-refractivity contribution in [3.63, 3.8) is 0 Å². The van der Waals surface area contributed by atoms with Gasteiger partial charge in [0.05, 0.1) is 0 Å². The summed E-state index contributed by atoms with van der Waals surface area (Å²) < 4.78 is 0. The van der Waals surface area contributed by atoms with E-state index in [1.807, 2.05) is 0 Å². The third-order valence-electron chi connectivity index (χ3n) is 3.53. The molecule has 2 nitrogen and oxygen atoms in total. The van der Waals surface area contributed by atoms with E-state index in [9.17, 15) is 0 Å². The predicted octanol–water partition coefficient (Wildman–Crippen LogP) is 4.10. The molecule has 0 radical (unpaired) electrons. The Kier molecular flexibility index (Phi) is 6.67. The van der Waals surface area contributed by atoms with E-state index in [1.54, 1.807) is 0 Å². The number of nitrogens with two attached hydrogens (primary N) is 1. The van der Waals surface area contributed by atoms with Gasteiger partial charge in [0.15, 0.2) is 0 Å². The van der Waals surface area contributed by atoms with Gasteiger partial charge in [0.2, 0.25) is 0 Å². The van der Waals surface area contributed by atoms with Gasteiger partial charge in [-0.05, 0) is 42.9 Å². The maximum Gasteiger partial charge on any atom is 0.0459 e. The molecule has 0 aliphatic rings. The first-order valence-corrected chi connectivity index (χ1v) is 7.57. The van der Waals surface area contributed by atoms with Gasteiger partial charge in [-0.25, -0.2) is 0 Å². The van der Waals surface area contributed by atoms with Crippen LogP contribution in [-0.2, 0) is 6.42 Å². The van der Waals surface area contributed by atoms with Crippen LogP contribution in [0.3, 0.4) is 0 Å². The monoisotopic (exact) mass is 282 g/mol. The van der Waals surface area contributed by atoms with Crippen LogP contribution in [-0.4, -0.2) is 19.6 Å². The van der Waals surface area contributed by atoms with Crippen LogP contribution < -0.4 is 10.6 Å². The highest BCUT2D eigenvalue weighted by atomic mass is 35.5. The summed E-state index contributed by atoms with van der Waals surface area (Å²) in [6.45, 7) is 7.65. The fourth-order valence-electron chi connectivity index (χ4n) is 1.95.